The largest absolute Gasteiger partial charge is 0.489 e. The predicted molar refractivity (Wildman–Crippen MR) is 121 cm³/mol. The number of rotatable bonds is 6. The third-order valence-corrected chi connectivity index (χ3v) is 5.09. The van der Waals surface area contributed by atoms with Crippen LogP contribution in [0.1, 0.15) is 11.1 Å². The number of anilines is 1. The number of ether oxygens (including phenoxy) is 1. The monoisotopic (exact) mass is 456 g/mol. The van der Waals surface area contributed by atoms with Gasteiger partial charge in [0.05, 0.1) is 15.7 Å². The van der Waals surface area contributed by atoms with E-state index in [-0.39, 0.29) is 21.3 Å². The molecule has 3 aromatic carbocycles. The summed E-state index contributed by atoms with van der Waals surface area (Å²) < 4.78 is 5.78. The minimum absolute atomic E-state index is 0.103. The van der Waals surface area contributed by atoms with Gasteiger partial charge in [-0.2, -0.15) is 5.26 Å². The van der Waals surface area contributed by atoms with Crippen LogP contribution in [-0.2, 0) is 11.4 Å². The van der Waals surface area contributed by atoms with Crippen molar-refractivity contribution in [2.75, 3.05) is 5.32 Å². The first-order valence-corrected chi connectivity index (χ1v) is 9.95. The molecule has 4 nitrogen and oxygen atoms in total. The number of hydrogen-bond acceptors (Lipinski definition) is 3. The van der Waals surface area contributed by atoms with Gasteiger partial charge in [-0.25, -0.2) is 0 Å². The third kappa shape index (κ3) is 5.55. The zero-order valence-corrected chi connectivity index (χ0v) is 17.8. The molecule has 3 aromatic rings. The summed E-state index contributed by atoms with van der Waals surface area (Å²) in [6, 6.07) is 21.2. The highest BCUT2D eigenvalue weighted by Gasteiger charge is 2.14. The molecule has 0 saturated carbocycles. The van der Waals surface area contributed by atoms with Gasteiger partial charge in [-0.15, -0.1) is 0 Å². The van der Waals surface area contributed by atoms with Gasteiger partial charge in [-0.3, -0.25) is 4.79 Å². The average Bonchev–Trinajstić information content (AvgIpc) is 2.74. The molecule has 150 valence electrons. The van der Waals surface area contributed by atoms with Crippen LogP contribution in [-0.4, -0.2) is 5.91 Å². The number of nitriles is 1. The number of carbonyl (C=O) groups is 1. The molecule has 0 atom stereocenters. The number of benzene rings is 3. The van der Waals surface area contributed by atoms with Crippen molar-refractivity contribution in [3.8, 4) is 11.8 Å². The van der Waals surface area contributed by atoms with Crippen molar-refractivity contribution in [3.63, 3.8) is 0 Å². The summed E-state index contributed by atoms with van der Waals surface area (Å²) in [5.41, 5.74) is 1.63. The van der Waals surface area contributed by atoms with Crippen molar-refractivity contribution in [3.05, 3.63) is 98.5 Å². The first-order chi connectivity index (χ1) is 14.5. The Kier molecular flexibility index (Phi) is 7.37. The molecule has 0 unspecified atom stereocenters. The quantitative estimate of drug-likeness (QED) is 0.328. The molecule has 0 spiro atoms. The maximum atomic E-state index is 12.5. The molecule has 0 fully saturated rings. The van der Waals surface area contributed by atoms with Crippen molar-refractivity contribution in [1.82, 2.24) is 0 Å². The van der Waals surface area contributed by atoms with E-state index in [9.17, 15) is 10.1 Å². The molecular formula is C23H15Cl3N2O2. The molecule has 0 aliphatic carbocycles. The summed E-state index contributed by atoms with van der Waals surface area (Å²) in [5, 5.41) is 13.2. The van der Waals surface area contributed by atoms with Crippen LogP contribution >= 0.6 is 34.8 Å². The summed E-state index contributed by atoms with van der Waals surface area (Å²) >= 11 is 18.3. The zero-order valence-electron chi connectivity index (χ0n) is 15.5. The average molecular weight is 458 g/mol. The molecule has 0 aliphatic heterocycles. The Balaban J connectivity index is 1.76. The first-order valence-electron chi connectivity index (χ1n) is 8.81. The minimum atomic E-state index is -0.616. The lowest BCUT2D eigenvalue weighted by atomic mass is 10.1. The Morgan fingerprint density at radius 3 is 2.33 bits per heavy atom. The van der Waals surface area contributed by atoms with Gasteiger partial charge in [0.1, 0.15) is 24.0 Å². The van der Waals surface area contributed by atoms with Gasteiger partial charge in [0.25, 0.3) is 5.91 Å². The number of nitrogens with one attached hydrogen (secondary N) is 1. The Morgan fingerprint density at radius 2 is 1.63 bits per heavy atom. The van der Waals surface area contributed by atoms with E-state index in [1.165, 1.54) is 6.08 Å². The Bertz CT molecular complexity index is 1130. The third-order valence-electron chi connectivity index (χ3n) is 4.09. The van der Waals surface area contributed by atoms with E-state index in [0.29, 0.717) is 22.9 Å². The minimum Gasteiger partial charge on any atom is -0.489 e. The van der Waals surface area contributed by atoms with Crippen LogP contribution in [0.2, 0.25) is 15.1 Å². The second-order valence-electron chi connectivity index (χ2n) is 6.17. The normalized spacial score (nSPS) is 10.9. The van der Waals surface area contributed by atoms with Crippen molar-refractivity contribution in [1.29, 1.82) is 5.26 Å². The maximum absolute atomic E-state index is 12.5. The van der Waals surface area contributed by atoms with Crippen LogP contribution in [0.4, 0.5) is 5.69 Å². The van der Waals surface area contributed by atoms with Crippen molar-refractivity contribution >= 4 is 52.5 Å². The highest BCUT2D eigenvalue weighted by atomic mass is 35.5. The Hall–Kier alpha value is -2.97. The van der Waals surface area contributed by atoms with Crippen LogP contribution in [0, 0.1) is 11.3 Å². The number of amides is 1. The van der Waals surface area contributed by atoms with E-state index in [2.05, 4.69) is 5.32 Å². The molecule has 1 amide bonds. The molecule has 0 aliphatic rings. The first kappa shape index (κ1) is 21.7. The molecule has 0 saturated heterocycles. The number of halogens is 3. The molecule has 3 rings (SSSR count). The standard InChI is InChI=1S/C23H15Cl3N2O2/c24-19-8-2-1-6-16(19)14-30-18-7-3-5-15(12-18)11-17(13-27)23(29)28-22-20(25)9-4-10-21(22)26/h1-12H,14H2,(H,28,29)/b17-11+. The highest BCUT2D eigenvalue weighted by Crippen LogP contribution is 2.30. The fourth-order valence-electron chi connectivity index (χ4n) is 2.58. The van der Waals surface area contributed by atoms with Crippen LogP contribution in [0.25, 0.3) is 6.08 Å². The molecule has 0 radical (unpaired) electrons. The Labute approximate surface area is 189 Å². The molecule has 0 aromatic heterocycles. The van der Waals surface area contributed by atoms with Crippen molar-refractivity contribution in [2.45, 2.75) is 6.61 Å². The van der Waals surface area contributed by atoms with Gasteiger partial charge < -0.3 is 10.1 Å². The summed E-state index contributed by atoms with van der Waals surface area (Å²) in [7, 11) is 0. The molecule has 0 bridgehead atoms. The second-order valence-corrected chi connectivity index (χ2v) is 7.39. The van der Waals surface area contributed by atoms with Gasteiger partial charge >= 0.3 is 0 Å². The lowest BCUT2D eigenvalue weighted by Crippen LogP contribution is -2.14. The predicted octanol–water partition coefficient (Wildman–Crippen LogP) is 6.77. The SMILES string of the molecule is N#C/C(=C\c1cccc(OCc2ccccc2Cl)c1)C(=O)Nc1c(Cl)cccc1Cl. The van der Waals surface area contributed by atoms with Crippen LogP contribution in [0.15, 0.2) is 72.3 Å². The summed E-state index contributed by atoms with van der Waals surface area (Å²) in [6.07, 6.45) is 1.46. The number of hydrogen-bond donors (Lipinski definition) is 1. The van der Waals surface area contributed by atoms with Gasteiger partial charge in [0, 0.05) is 10.6 Å². The van der Waals surface area contributed by atoms with Crippen LogP contribution < -0.4 is 10.1 Å². The molecule has 30 heavy (non-hydrogen) atoms. The molecular weight excluding hydrogens is 443 g/mol. The van der Waals surface area contributed by atoms with E-state index >= 15 is 0 Å². The van der Waals surface area contributed by atoms with Crippen molar-refractivity contribution in [2.24, 2.45) is 0 Å². The lowest BCUT2D eigenvalue weighted by molar-refractivity contribution is -0.112. The molecule has 0 heterocycles. The second kappa shape index (κ2) is 10.2. The highest BCUT2D eigenvalue weighted by molar-refractivity contribution is 6.40. The van der Waals surface area contributed by atoms with Gasteiger partial charge in [-0.1, -0.05) is 71.2 Å². The van der Waals surface area contributed by atoms with E-state index in [1.54, 1.807) is 48.5 Å². The van der Waals surface area contributed by atoms with Crippen LogP contribution in [0.3, 0.4) is 0 Å². The van der Waals surface area contributed by atoms with Gasteiger partial charge in [0.15, 0.2) is 0 Å². The maximum Gasteiger partial charge on any atom is 0.266 e. The fourth-order valence-corrected chi connectivity index (χ4v) is 3.27. The van der Waals surface area contributed by atoms with Gasteiger partial charge in [0.2, 0.25) is 0 Å². The van der Waals surface area contributed by atoms with E-state index in [0.717, 1.165) is 5.56 Å². The Morgan fingerprint density at radius 1 is 0.967 bits per heavy atom. The lowest BCUT2D eigenvalue weighted by Gasteiger charge is -2.09. The van der Waals surface area contributed by atoms with E-state index in [4.69, 9.17) is 39.5 Å². The summed E-state index contributed by atoms with van der Waals surface area (Å²) in [6.45, 7) is 0.295. The van der Waals surface area contributed by atoms with Gasteiger partial charge in [-0.05, 0) is 42.0 Å². The molecule has 7 heteroatoms. The topological polar surface area (TPSA) is 62.1 Å². The summed E-state index contributed by atoms with van der Waals surface area (Å²) in [4.78, 5) is 12.5. The van der Waals surface area contributed by atoms with E-state index < -0.39 is 5.91 Å². The molecule has 1 N–H and O–H groups in total. The zero-order chi connectivity index (χ0) is 21.5. The van der Waals surface area contributed by atoms with Crippen LogP contribution in [0.5, 0.6) is 5.75 Å². The van der Waals surface area contributed by atoms with E-state index in [1.807, 2.05) is 24.3 Å². The number of carbonyl (C=O) groups excluding carboxylic acids is 1. The fraction of sp³-hybridized carbons (Fsp3) is 0.0435. The summed E-state index contributed by atoms with van der Waals surface area (Å²) in [5.74, 6) is -0.0367. The smallest absolute Gasteiger partial charge is 0.266 e. The number of para-hydroxylation sites is 1. The number of nitrogens with zero attached hydrogens (tertiary/aromatic N) is 1. The van der Waals surface area contributed by atoms with Crippen molar-refractivity contribution < 1.29 is 9.53 Å².